The van der Waals surface area contributed by atoms with Gasteiger partial charge in [-0.3, -0.25) is 0 Å². The highest BCUT2D eigenvalue weighted by Crippen LogP contribution is 2.30. The fraction of sp³-hybridized carbons (Fsp3) is 0.0556. The minimum Gasteiger partial charge on any atom is -0.497 e. The number of hydrogen-bond acceptors (Lipinski definition) is 3. The maximum Gasteiger partial charge on any atom is 0.132 e. The SMILES string of the molecule is COc1cccc(-c2ccccc2S(=O)c2ccccn2)c1. The monoisotopic (exact) mass is 309 g/mol. The fourth-order valence-corrected chi connectivity index (χ4v) is 3.40. The van der Waals surface area contributed by atoms with E-state index in [4.69, 9.17) is 4.74 Å². The lowest BCUT2D eigenvalue weighted by Crippen LogP contribution is -1.98. The molecule has 1 aromatic heterocycles. The largest absolute Gasteiger partial charge is 0.497 e. The van der Waals surface area contributed by atoms with Crippen molar-refractivity contribution in [2.45, 2.75) is 9.92 Å². The van der Waals surface area contributed by atoms with Gasteiger partial charge in [-0.1, -0.05) is 36.4 Å². The van der Waals surface area contributed by atoms with Crippen molar-refractivity contribution in [1.29, 1.82) is 0 Å². The maximum absolute atomic E-state index is 12.8. The van der Waals surface area contributed by atoms with Crippen molar-refractivity contribution < 1.29 is 8.95 Å². The van der Waals surface area contributed by atoms with Gasteiger partial charge in [0.2, 0.25) is 0 Å². The van der Waals surface area contributed by atoms with Crippen LogP contribution in [0.5, 0.6) is 5.75 Å². The van der Waals surface area contributed by atoms with Crippen LogP contribution in [0.15, 0.2) is 82.8 Å². The number of benzene rings is 2. The zero-order chi connectivity index (χ0) is 15.4. The molecule has 0 fully saturated rings. The molecule has 22 heavy (non-hydrogen) atoms. The van der Waals surface area contributed by atoms with E-state index < -0.39 is 10.8 Å². The van der Waals surface area contributed by atoms with E-state index in [1.165, 1.54) is 0 Å². The summed E-state index contributed by atoms with van der Waals surface area (Å²) >= 11 is 0. The van der Waals surface area contributed by atoms with E-state index in [9.17, 15) is 4.21 Å². The Morgan fingerprint density at radius 3 is 2.55 bits per heavy atom. The van der Waals surface area contributed by atoms with Gasteiger partial charge in [-0.2, -0.15) is 0 Å². The summed E-state index contributed by atoms with van der Waals surface area (Å²) < 4.78 is 18.1. The normalized spacial score (nSPS) is 11.9. The van der Waals surface area contributed by atoms with Crippen LogP contribution >= 0.6 is 0 Å². The van der Waals surface area contributed by atoms with E-state index in [2.05, 4.69) is 4.98 Å². The van der Waals surface area contributed by atoms with Gasteiger partial charge in [-0.05, 0) is 41.5 Å². The van der Waals surface area contributed by atoms with E-state index in [1.54, 1.807) is 19.4 Å². The van der Waals surface area contributed by atoms with Crippen LogP contribution in [0.4, 0.5) is 0 Å². The first-order valence-electron chi connectivity index (χ1n) is 6.86. The van der Waals surface area contributed by atoms with Gasteiger partial charge < -0.3 is 4.74 Å². The molecule has 1 atom stereocenters. The van der Waals surface area contributed by atoms with Gasteiger partial charge in [-0.15, -0.1) is 0 Å². The van der Waals surface area contributed by atoms with Crippen LogP contribution in [0, 0.1) is 0 Å². The number of rotatable bonds is 4. The summed E-state index contributed by atoms with van der Waals surface area (Å²) in [5, 5.41) is 0.554. The Kier molecular flexibility index (Phi) is 4.30. The highest BCUT2D eigenvalue weighted by Gasteiger charge is 2.14. The third-order valence-electron chi connectivity index (χ3n) is 3.30. The summed E-state index contributed by atoms with van der Waals surface area (Å²) in [4.78, 5) is 4.94. The van der Waals surface area contributed by atoms with E-state index in [0.717, 1.165) is 21.8 Å². The number of methoxy groups -OCH3 is 1. The molecule has 3 nitrogen and oxygen atoms in total. The molecule has 0 bridgehead atoms. The number of hydrogen-bond donors (Lipinski definition) is 0. The van der Waals surface area contributed by atoms with Crippen LogP contribution in [0.2, 0.25) is 0 Å². The Balaban J connectivity index is 2.09. The van der Waals surface area contributed by atoms with Crippen molar-refractivity contribution in [3.05, 3.63) is 72.9 Å². The van der Waals surface area contributed by atoms with Crippen LogP contribution in [0.1, 0.15) is 0 Å². The molecule has 0 amide bonds. The molecule has 0 N–H and O–H groups in total. The molecule has 4 heteroatoms. The molecule has 1 heterocycles. The third-order valence-corrected chi connectivity index (χ3v) is 4.67. The maximum atomic E-state index is 12.8. The Morgan fingerprint density at radius 1 is 0.955 bits per heavy atom. The van der Waals surface area contributed by atoms with Crippen LogP contribution in [0.3, 0.4) is 0 Å². The smallest absolute Gasteiger partial charge is 0.132 e. The van der Waals surface area contributed by atoms with Crippen LogP contribution in [-0.2, 0) is 10.8 Å². The lowest BCUT2D eigenvalue weighted by Gasteiger charge is -2.10. The van der Waals surface area contributed by atoms with Crippen molar-refractivity contribution in [1.82, 2.24) is 4.98 Å². The summed E-state index contributed by atoms with van der Waals surface area (Å²) in [5.74, 6) is 0.774. The summed E-state index contributed by atoms with van der Waals surface area (Å²) in [5.41, 5.74) is 1.89. The number of nitrogens with zero attached hydrogens (tertiary/aromatic N) is 1. The Bertz CT molecular complexity index is 803. The summed E-state index contributed by atoms with van der Waals surface area (Å²) in [7, 11) is 0.317. The van der Waals surface area contributed by atoms with Crippen molar-refractivity contribution in [3.63, 3.8) is 0 Å². The molecular weight excluding hydrogens is 294 g/mol. The highest BCUT2D eigenvalue weighted by atomic mass is 32.2. The zero-order valence-electron chi connectivity index (χ0n) is 12.1. The average Bonchev–Trinajstić information content (AvgIpc) is 2.62. The lowest BCUT2D eigenvalue weighted by atomic mass is 10.1. The van der Waals surface area contributed by atoms with Crippen molar-refractivity contribution in [3.8, 4) is 16.9 Å². The first-order chi connectivity index (χ1) is 10.8. The van der Waals surface area contributed by atoms with Crippen LogP contribution in [0.25, 0.3) is 11.1 Å². The average molecular weight is 309 g/mol. The second-order valence-corrected chi connectivity index (χ2v) is 6.06. The Hall–Kier alpha value is -2.46. The molecular formula is C18H15NO2S. The molecule has 0 radical (unpaired) electrons. The van der Waals surface area contributed by atoms with E-state index in [-0.39, 0.29) is 0 Å². The van der Waals surface area contributed by atoms with Gasteiger partial charge in [-0.25, -0.2) is 9.19 Å². The lowest BCUT2D eigenvalue weighted by molar-refractivity contribution is 0.415. The molecule has 0 aliphatic carbocycles. The second-order valence-electron chi connectivity index (χ2n) is 4.66. The topological polar surface area (TPSA) is 39.2 Å². The summed E-state index contributed by atoms with van der Waals surface area (Å²) in [6.07, 6.45) is 1.65. The highest BCUT2D eigenvalue weighted by molar-refractivity contribution is 7.85. The third kappa shape index (κ3) is 2.92. The zero-order valence-corrected chi connectivity index (χ0v) is 12.9. The van der Waals surface area contributed by atoms with Gasteiger partial charge in [0.25, 0.3) is 0 Å². The molecule has 110 valence electrons. The van der Waals surface area contributed by atoms with Gasteiger partial charge in [0.15, 0.2) is 0 Å². The number of ether oxygens (including phenoxy) is 1. The molecule has 0 saturated heterocycles. The van der Waals surface area contributed by atoms with Gasteiger partial charge in [0.1, 0.15) is 21.6 Å². The molecule has 0 aliphatic heterocycles. The van der Waals surface area contributed by atoms with E-state index >= 15 is 0 Å². The number of aromatic nitrogens is 1. The quantitative estimate of drug-likeness (QED) is 0.733. The minimum atomic E-state index is -1.32. The van der Waals surface area contributed by atoms with E-state index in [0.29, 0.717) is 5.03 Å². The summed E-state index contributed by atoms with van der Waals surface area (Å²) in [6.45, 7) is 0. The molecule has 3 aromatic rings. The van der Waals surface area contributed by atoms with Gasteiger partial charge in [0, 0.05) is 6.20 Å². The Labute approximate surface area is 132 Å². The standard InChI is InChI=1S/C18H15NO2S/c1-21-15-8-6-7-14(13-15)16-9-2-3-10-17(16)22(20)18-11-4-5-12-19-18/h2-13H,1H3. The number of pyridine rings is 1. The van der Waals surface area contributed by atoms with Crippen molar-refractivity contribution in [2.24, 2.45) is 0 Å². The van der Waals surface area contributed by atoms with Gasteiger partial charge >= 0.3 is 0 Å². The van der Waals surface area contributed by atoms with Crippen LogP contribution < -0.4 is 4.74 Å². The van der Waals surface area contributed by atoms with Gasteiger partial charge in [0.05, 0.1) is 12.0 Å². The molecule has 0 aliphatic rings. The van der Waals surface area contributed by atoms with E-state index in [1.807, 2.05) is 60.7 Å². The summed E-state index contributed by atoms with van der Waals surface area (Å²) in [6, 6.07) is 20.8. The predicted molar refractivity (Wildman–Crippen MR) is 87.3 cm³/mol. The molecule has 2 aromatic carbocycles. The predicted octanol–water partition coefficient (Wildman–Crippen LogP) is 3.92. The second kappa shape index (κ2) is 6.54. The molecule has 3 rings (SSSR count). The first kappa shape index (κ1) is 14.5. The first-order valence-corrected chi connectivity index (χ1v) is 8.01. The molecule has 0 spiro atoms. The van der Waals surface area contributed by atoms with Crippen LogP contribution in [-0.4, -0.2) is 16.3 Å². The minimum absolute atomic E-state index is 0.554. The Morgan fingerprint density at radius 2 is 1.77 bits per heavy atom. The molecule has 1 unspecified atom stereocenters. The van der Waals surface area contributed by atoms with Crippen molar-refractivity contribution >= 4 is 10.8 Å². The van der Waals surface area contributed by atoms with Crippen molar-refractivity contribution in [2.75, 3.05) is 7.11 Å². The molecule has 0 saturated carbocycles. The fourth-order valence-electron chi connectivity index (χ4n) is 2.23.